The van der Waals surface area contributed by atoms with E-state index in [1.165, 1.54) is 0 Å². The minimum Gasteiger partial charge on any atom is -0.462 e. The zero-order valence-electron chi connectivity index (χ0n) is 17.3. The summed E-state index contributed by atoms with van der Waals surface area (Å²) in [6, 6.07) is 8.08. The second-order valence-electron chi connectivity index (χ2n) is 7.75. The van der Waals surface area contributed by atoms with Crippen molar-refractivity contribution in [1.29, 1.82) is 0 Å². The fourth-order valence-electron chi connectivity index (χ4n) is 2.70. The van der Waals surface area contributed by atoms with Crippen molar-refractivity contribution in [2.75, 3.05) is 20.7 Å². The van der Waals surface area contributed by atoms with Crippen LogP contribution in [0.2, 0.25) is 0 Å². The zero-order chi connectivity index (χ0) is 20.2. The first-order chi connectivity index (χ1) is 12.6. The molecular weight excluding hydrogens is 338 g/mol. The third-order valence-electron chi connectivity index (χ3n) is 4.03. The normalized spacial score (nSPS) is 12.0. The molecule has 0 bridgehead atoms. The number of hydrogen-bond acceptors (Lipinski definition) is 5. The number of carbonyl (C=O) groups excluding carboxylic acids is 1. The largest absolute Gasteiger partial charge is 0.462 e. The van der Waals surface area contributed by atoms with E-state index >= 15 is 0 Å². The molecule has 0 fully saturated rings. The van der Waals surface area contributed by atoms with Crippen molar-refractivity contribution in [3.05, 3.63) is 64.9 Å². The van der Waals surface area contributed by atoms with Crippen LogP contribution in [0.3, 0.4) is 0 Å². The lowest BCUT2D eigenvalue weighted by atomic mass is 9.93. The third-order valence-corrected chi connectivity index (χ3v) is 4.03. The van der Waals surface area contributed by atoms with Gasteiger partial charge in [0.15, 0.2) is 0 Å². The van der Waals surface area contributed by atoms with E-state index in [2.05, 4.69) is 38.7 Å². The molecule has 0 spiro atoms. The number of benzene rings is 1. The maximum absolute atomic E-state index is 12.6. The molecule has 27 heavy (non-hydrogen) atoms. The minimum absolute atomic E-state index is 0.239. The van der Waals surface area contributed by atoms with Crippen molar-refractivity contribution in [1.82, 2.24) is 14.9 Å². The second kappa shape index (κ2) is 8.33. The van der Waals surface area contributed by atoms with Crippen molar-refractivity contribution < 1.29 is 9.53 Å². The van der Waals surface area contributed by atoms with Gasteiger partial charge >= 0.3 is 5.97 Å². The Morgan fingerprint density at radius 3 is 2.41 bits per heavy atom. The monoisotopic (exact) mass is 367 g/mol. The summed E-state index contributed by atoms with van der Waals surface area (Å²) in [7, 11) is 3.91. The molecule has 0 unspecified atom stereocenters. The number of ether oxygens (including phenoxy) is 1. The summed E-state index contributed by atoms with van der Waals surface area (Å²) in [4.78, 5) is 23.8. The van der Waals surface area contributed by atoms with E-state index in [0.717, 1.165) is 16.7 Å². The van der Waals surface area contributed by atoms with Crippen LogP contribution in [0.1, 0.15) is 60.7 Å². The quantitative estimate of drug-likeness (QED) is 0.741. The van der Waals surface area contributed by atoms with Gasteiger partial charge in [-0.15, -0.1) is 0 Å². The molecule has 0 amide bonds. The van der Waals surface area contributed by atoms with Crippen LogP contribution in [0.5, 0.6) is 0 Å². The van der Waals surface area contributed by atoms with Crippen LogP contribution in [0.15, 0.2) is 36.7 Å². The first-order valence-corrected chi connectivity index (χ1v) is 9.14. The van der Waals surface area contributed by atoms with Crippen molar-refractivity contribution in [2.24, 2.45) is 0 Å². The lowest BCUT2D eigenvalue weighted by Crippen LogP contribution is -2.20. The Kier molecular flexibility index (Phi) is 6.37. The van der Waals surface area contributed by atoms with Gasteiger partial charge in [-0.05, 0) is 25.0 Å². The molecule has 1 aromatic heterocycles. The van der Waals surface area contributed by atoms with Gasteiger partial charge in [-0.1, -0.05) is 45.0 Å². The van der Waals surface area contributed by atoms with E-state index < -0.39 is 5.97 Å². The average molecular weight is 367 g/mol. The van der Waals surface area contributed by atoms with E-state index in [1.54, 1.807) is 13.1 Å². The fraction of sp³-hybridized carbons (Fsp3) is 0.409. The lowest BCUT2D eigenvalue weighted by molar-refractivity contribution is 0.0524. The fourth-order valence-corrected chi connectivity index (χ4v) is 2.70. The second-order valence-corrected chi connectivity index (χ2v) is 7.75. The van der Waals surface area contributed by atoms with Gasteiger partial charge in [0, 0.05) is 37.5 Å². The van der Waals surface area contributed by atoms with Gasteiger partial charge in [-0.2, -0.15) is 0 Å². The van der Waals surface area contributed by atoms with Crippen LogP contribution < -0.4 is 0 Å². The van der Waals surface area contributed by atoms with Gasteiger partial charge in [-0.25, -0.2) is 14.8 Å². The highest BCUT2D eigenvalue weighted by Crippen LogP contribution is 2.30. The smallest absolute Gasteiger partial charge is 0.341 e. The molecule has 5 heteroatoms. The van der Waals surface area contributed by atoms with Gasteiger partial charge < -0.3 is 9.64 Å². The van der Waals surface area contributed by atoms with Crippen molar-refractivity contribution in [2.45, 2.75) is 40.0 Å². The van der Waals surface area contributed by atoms with E-state index in [-0.39, 0.29) is 5.41 Å². The van der Waals surface area contributed by atoms with Gasteiger partial charge in [0.05, 0.1) is 12.3 Å². The minimum atomic E-state index is -0.411. The summed E-state index contributed by atoms with van der Waals surface area (Å²) < 4.78 is 5.26. The number of nitrogens with zero attached hydrogens (tertiary/aromatic N) is 3. The molecule has 0 atom stereocenters. The zero-order valence-corrected chi connectivity index (χ0v) is 17.3. The lowest BCUT2D eigenvalue weighted by Gasteiger charge is -2.21. The summed E-state index contributed by atoms with van der Waals surface area (Å²) in [5.74, 6) is 0.273. The van der Waals surface area contributed by atoms with Crippen molar-refractivity contribution >= 4 is 11.5 Å². The molecule has 1 heterocycles. The highest BCUT2D eigenvalue weighted by molar-refractivity contribution is 5.96. The van der Waals surface area contributed by atoms with E-state index in [1.807, 2.05) is 43.4 Å². The Balaban J connectivity index is 2.79. The van der Waals surface area contributed by atoms with Gasteiger partial charge in [0.25, 0.3) is 0 Å². The number of carbonyl (C=O) groups is 1. The molecule has 0 aliphatic rings. The Morgan fingerprint density at radius 1 is 1.19 bits per heavy atom. The summed E-state index contributed by atoms with van der Waals surface area (Å²) in [5.41, 5.74) is 3.73. The number of esters is 1. The first kappa shape index (κ1) is 20.6. The summed E-state index contributed by atoms with van der Waals surface area (Å²) in [6.45, 7) is 10.3. The molecular formula is C22H29N3O2. The Bertz CT molecular complexity index is 849. The summed E-state index contributed by atoms with van der Waals surface area (Å²) in [6.07, 6.45) is 3.57. The predicted octanol–water partition coefficient (Wildman–Crippen LogP) is 4.21. The molecule has 5 nitrogen and oxygen atoms in total. The van der Waals surface area contributed by atoms with E-state index in [4.69, 9.17) is 9.72 Å². The maximum Gasteiger partial charge on any atom is 0.341 e. The standard InChI is InChI=1S/C22H29N3O2/c1-8-27-20(26)17-13-23-21(22(3,4)5)24-19(17)18(14-25(6)7)16-12-10-9-11-15(16)2/h9-14H,8H2,1-7H3/b18-14+. The number of hydrogen-bond donors (Lipinski definition) is 0. The average Bonchev–Trinajstić information content (AvgIpc) is 2.59. The molecule has 0 aliphatic carbocycles. The maximum atomic E-state index is 12.6. The summed E-state index contributed by atoms with van der Waals surface area (Å²) >= 11 is 0. The van der Waals surface area contributed by atoms with Gasteiger partial charge in [-0.3, -0.25) is 0 Å². The van der Waals surface area contributed by atoms with Crippen LogP contribution in [-0.2, 0) is 10.2 Å². The highest BCUT2D eigenvalue weighted by Gasteiger charge is 2.25. The molecule has 0 N–H and O–H groups in total. The Morgan fingerprint density at radius 2 is 1.85 bits per heavy atom. The first-order valence-electron chi connectivity index (χ1n) is 9.14. The highest BCUT2D eigenvalue weighted by atomic mass is 16.5. The summed E-state index contributed by atoms with van der Waals surface area (Å²) in [5, 5.41) is 0. The molecule has 0 radical (unpaired) electrons. The third kappa shape index (κ3) is 4.94. The molecule has 1 aromatic carbocycles. The number of aromatic nitrogens is 2. The topological polar surface area (TPSA) is 55.3 Å². The van der Waals surface area contributed by atoms with Crippen LogP contribution in [0, 0.1) is 6.92 Å². The van der Waals surface area contributed by atoms with E-state index in [9.17, 15) is 4.79 Å². The van der Waals surface area contributed by atoms with Crippen LogP contribution >= 0.6 is 0 Å². The van der Waals surface area contributed by atoms with Crippen molar-refractivity contribution in [3.8, 4) is 0 Å². The Hall–Kier alpha value is -2.69. The van der Waals surface area contributed by atoms with Crippen LogP contribution in [0.4, 0.5) is 0 Å². The van der Waals surface area contributed by atoms with Crippen LogP contribution in [-0.4, -0.2) is 41.5 Å². The molecule has 2 rings (SSSR count). The molecule has 0 saturated heterocycles. The van der Waals surface area contributed by atoms with E-state index in [0.29, 0.717) is 23.7 Å². The molecule has 0 aliphatic heterocycles. The van der Waals surface area contributed by atoms with Crippen LogP contribution in [0.25, 0.3) is 5.57 Å². The number of aryl methyl sites for hydroxylation is 1. The predicted molar refractivity (Wildman–Crippen MR) is 109 cm³/mol. The van der Waals surface area contributed by atoms with Crippen molar-refractivity contribution in [3.63, 3.8) is 0 Å². The van der Waals surface area contributed by atoms with Gasteiger partial charge in [0.1, 0.15) is 11.4 Å². The molecule has 0 saturated carbocycles. The van der Waals surface area contributed by atoms with Gasteiger partial charge in [0.2, 0.25) is 0 Å². The molecule has 2 aromatic rings. The molecule has 144 valence electrons. The number of rotatable bonds is 5. The Labute approximate surface area is 162 Å². The SMILES string of the molecule is CCOC(=O)c1cnc(C(C)(C)C)nc1/C(=C/N(C)C)c1ccccc1C.